The maximum absolute atomic E-state index is 12.1. The number of hydrogen-bond acceptors (Lipinski definition) is 7. The molecule has 8 nitrogen and oxygen atoms in total. The van der Waals surface area contributed by atoms with E-state index in [2.05, 4.69) is 15.7 Å². The highest BCUT2D eigenvalue weighted by atomic mass is 16.6. The molecule has 146 valence electrons. The van der Waals surface area contributed by atoms with E-state index >= 15 is 0 Å². The van der Waals surface area contributed by atoms with Crippen LogP contribution in [0.1, 0.15) is 32.3 Å². The average Bonchev–Trinajstić information content (AvgIpc) is 3.28. The summed E-state index contributed by atoms with van der Waals surface area (Å²) in [6.07, 6.45) is 0.901. The molecule has 4 atom stereocenters. The molecule has 3 aliphatic rings. The lowest BCUT2D eigenvalue weighted by Crippen LogP contribution is -2.56. The number of nitrogens with one attached hydrogen (secondary N) is 1. The molecule has 27 heavy (non-hydrogen) atoms. The van der Waals surface area contributed by atoms with Crippen LogP contribution < -0.4 is 10.1 Å². The Morgan fingerprint density at radius 1 is 1.41 bits per heavy atom. The first-order chi connectivity index (χ1) is 13.0. The quantitative estimate of drug-likeness (QED) is 0.801. The molecule has 1 spiro atoms. The third-order valence-corrected chi connectivity index (χ3v) is 5.40. The van der Waals surface area contributed by atoms with Gasteiger partial charge in [-0.1, -0.05) is 17.4 Å². The van der Waals surface area contributed by atoms with Gasteiger partial charge in [0, 0.05) is 6.04 Å². The highest BCUT2D eigenvalue weighted by molar-refractivity contribution is 5.67. The lowest BCUT2D eigenvalue weighted by atomic mass is 9.79. The smallest absolute Gasteiger partial charge is 0.407 e. The highest BCUT2D eigenvalue weighted by Gasteiger charge is 2.63. The van der Waals surface area contributed by atoms with E-state index in [1.165, 1.54) is 0 Å². The Morgan fingerprint density at radius 2 is 2.15 bits per heavy atom. The molecule has 0 radical (unpaired) electrons. The Kier molecular flexibility index (Phi) is 4.67. The van der Waals surface area contributed by atoms with Crippen molar-refractivity contribution in [2.24, 2.45) is 10.3 Å². The van der Waals surface area contributed by atoms with Crippen molar-refractivity contribution in [2.75, 3.05) is 13.7 Å². The summed E-state index contributed by atoms with van der Waals surface area (Å²) in [5, 5.41) is 13.6. The fourth-order valence-corrected chi connectivity index (χ4v) is 3.98. The van der Waals surface area contributed by atoms with Crippen LogP contribution >= 0.6 is 0 Å². The van der Waals surface area contributed by atoms with Gasteiger partial charge in [-0.25, -0.2) is 4.79 Å². The minimum Gasteiger partial charge on any atom is -0.497 e. The average molecular weight is 374 g/mol. The Balaban J connectivity index is 1.46. The molecule has 2 fully saturated rings. The minimum atomic E-state index is -0.398. The molecule has 2 heterocycles. The van der Waals surface area contributed by atoms with Crippen molar-refractivity contribution in [3.05, 3.63) is 29.8 Å². The first-order valence-electron chi connectivity index (χ1n) is 9.42. The van der Waals surface area contributed by atoms with Crippen LogP contribution in [-0.2, 0) is 16.0 Å². The van der Waals surface area contributed by atoms with E-state index in [-0.39, 0.29) is 29.8 Å². The van der Waals surface area contributed by atoms with Gasteiger partial charge in [0.15, 0.2) is 0 Å². The zero-order chi connectivity index (χ0) is 19.0. The van der Waals surface area contributed by atoms with Gasteiger partial charge in [0.2, 0.25) is 0 Å². The Labute approximate surface area is 158 Å². The second-order valence-corrected chi connectivity index (χ2v) is 7.72. The number of ether oxygens (including phenoxy) is 3. The number of alkyl carbamates (subject to hydrolysis) is 1. The first-order valence-corrected chi connectivity index (χ1v) is 9.42. The van der Waals surface area contributed by atoms with E-state index in [0.29, 0.717) is 13.2 Å². The minimum absolute atomic E-state index is 0.00907. The third kappa shape index (κ3) is 3.58. The van der Waals surface area contributed by atoms with Crippen LogP contribution in [0.25, 0.3) is 0 Å². The fraction of sp³-hybridized carbons (Fsp3) is 0.632. The summed E-state index contributed by atoms with van der Waals surface area (Å²) < 4.78 is 16.7. The summed E-state index contributed by atoms with van der Waals surface area (Å²) in [6.45, 7) is 5.15. The molecule has 1 saturated carbocycles. The Hall–Kier alpha value is -2.35. The molecule has 8 heteroatoms. The largest absolute Gasteiger partial charge is 0.497 e. The van der Waals surface area contributed by atoms with E-state index in [9.17, 15) is 4.79 Å². The number of benzene rings is 1. The standard InChI is InChI=1S/C19H26N4O4/c1-12(2)20-18(24)27-15-8-9-19(11-26-19)17-16(15)21-22-23(17)10-13-4-6-14(25-3)7-5-13/h4-7,12,15-17H,8-11H2,1-3H3,(H,20,24). The molecule has 4 rings (SSSR count). The van der Waals surface area contributed by atoms with Gasteiger partial charge < -0.3 is 19.5 Å². The molecule has 0 aromatic heterocycles. The second-order valence-electron chi connectivity index (χ2n) is 7.72. The maximum Gasteiger partial charge on any atom is 0.407 e. The van der Waals surface area contributed by atoms with Gasteiger partial charge in [0.25, 0.3) is 0 Å². The van der Waals surface area contributed by atoms with E-state index in [0.717, 1.165) is 24.2 Å². The molecule has 1 aliphatic carbocycles. The highest BCUT2D eigenvalue weighted by Crippen LogP contribution is 2.48. The normalized spacial score (nSPS) is 31.1. The van der Waals surface area contributed by atoms with Crippen molar-refractivity contribution in [3.63, 3.8) is 0 Å². The zero-order valence-electron chi connectivity index (χ0n) is 15.9. The first kappa shape index (κ1) is 18.0. The van der Waals surface area contributed by atoms with Gasteiger partial charge in [0.05, 0.1) is 20.3 Å². The summed E-state index contributed by atoms with van der Waals surface area (Å²) in [6, 6.07) is 7.75. The van der Waals surface area contributed by atoms with Gasteiger partial charge in [-0.2, -0.15) is 5.11 Å². The van der Waals surface area contributed by atoms with E-state index in [4.69, 9.17) is 14.2 Å². The molecular weight excluding hydrogens is 348 g/mol. The maximum atomic E-state index is 12.1. The zero-order valence-corrected chi connectivity index (χ0v) is 15.9. The number of methoxy groups -OCH3 is 1. The summed E-state index contributed by atoms with van der Waals surface area (Å²) in [7, 11) is 1.65. The van der Waals surface area contributed by atoms with Crippen molar-refractivity contribution < 1.29 is 19.0 Å². The number of fused-ring (bicyclic) bond motifs is 2. The van der Waals surface area contributed by atoms with Crippen molar-refractivity contribution in [1.29, 1.82) is 0 Å². The number of carbonyl (C=O) groups is 1. The molecule has 1 N–H and O–H groups in total. The number of amides is 1. The van der Waals surface area contributed by atoms with Gasteiger partial charge in [-0.05, 0) is 44.4 Å². The number of hydrogen-bond donors (Lipinski definition) is 1. The van der Waals surface area contributed by atoms with Gasteiger partial charge in [-0.3, -0.25) is 5.01 Å². The van der Waals surface area contributed by atoms with Crippen molar-refractivity contribution in [1.82, 2.24) is 10.3 Å². The number of carbonyl (C=O) groups excluding carboxylic acids is 1. The predicted molar refractivity (Wildman–Crippen MR) is 97.4 cm³/mol. The lowest BCUT2D eigenvalue weighted by molar-refractivity contribution is 0.00156. The van der Waals surface area contributed by atoms with E-state index < -0.39 is 6.09 Å². The number of nitrogens with zero attached hydrogens (tertiary/aromatic N) is 3. The molecule has 1 aromatic carbocycles. The molecule has 2 aliphatic heterocycles. The molecule has 4 unspecified atom stereocenters. The summed E-state index contributed by atoms with van der Waals surface area (Å²) in [4.78, 5) is 12.1. The van der Waals surface area contributed by atoms with Crippen molar-refractivity contribution in [2.45, 2.75) is 63.1 Å². The van der Waals surface area contributed by atoms with Crippen molar-refractivity contribution >= 4 is 6.09 Å². The second kappa shape index (κ2) is 6.99. The van der Waals surface area contributed by atoms with Crippen LogP contribution in [0, 0.1) is 0 Å². The van der Waals surface area contributed by atoms with Crippen LogP contribution in [0.4, 0.5) is 4.79 Å². The molecule has 1 amide bonds. The summed E-state index contributed by atoms with van der Waals surface area (Å²) in [5.41, 5.74) is 0.904. The Bertz CT molecular complexity index is 717. The van der Waals surface area contributed by atoms with Crippen LogP contribution in [0.3, 0.4) is 0 Å². The van der Waals surface area contributed by atoms with Gasteiger partial charge in [0.1, 0.15) is 29.5 Å². The molecule has 0 bridgehead atoms. The SMILES string of the molecule is COc1ccc(CN2N=NC3C(OC(=O)NC(C)C)CCC4(CO4)C32)cc1. The third-order valence-electron chi connectivity index (χ3n) is 5.40. The molecular formula is C19H26N4O4. The lowest BCUT2D eigenvalue weighted by Gasteiger charge is -2.38. The monoisotopic (exact) mass is 374 g/mol. The van der Waals surface area contributed by atoms with E-state index in [1.54, 1.807) is 7.11 Å². The fourth-order valence-electron chi connectivity index (χ4n) is 3.98. The summed E-state index contributed by atoms with van der Waals surface area (Å²) >= 11 is 0. The van der Waals surface area contributed by atoms with Crippen LogP contribution in [-0.4, -0.2) is 54.6 Å². The van der Waals surface area contributed by atoms with Crippen LogP contribution in [0.15, 0.2) is 34.6 Å². The molecule has 1 aromatic rings. The van der Waals surface area contributed by atoms with Crippen LogP contribution in [0.5, 0.6) is 5.75 Å². The van der Waals surface area contributed by atoms with Gasteiger partial charge >= 0.3 is 6.09 Å². The Morgan fingerprint density at radius 3 is 2.78 bits per heavy atom. The van der Waals surface area contributed by atoms with E-state index in [1.807, 2.05) is 43.1 Å². The number of epoxide rings is 1. The topological polar surface area (TPSA) is 88.0 Å². The summed E-state index contributed by atoms with van der Waals surface area (Å²) in [5.74, 6) is 0.823. The van der Waals surface area contributed by atoms with Gasteiger partial charge in [-0.15, -0.1) is 0 Å². The molecule has 1 saturated heterocycles. The number of rotatable bonds is 5. The van der Waals surface area contributed by atoms with Crippen LogP contribution in [0.2, 0.25) is 0 Å². The van der Waals surface area contributed by atoms with Crippen molar-refractivity contribution in [3.8, 4) is 5.75 Å². The predicted octanol–water partition coefficient (Wildman–Crippen LogP) is 2.68.